The van der Waals surface area contributed by atoms with Crippen molar-refractivity contribution in [2.45, 2.75) is 51.4 Å². The lowest BCUT2D eigenvalue weighted by Gasteiger charge is -2.17. The number of carbonyl (C=O) groups is 2. The minimum Gasteiger partial charge on any atom is -0.481 e. The molecule has 4 nitrogen and oxygen atoms in total. The van der Waals surface area contributed by atoms with Crippen LogP contribution >= 0.6 is 0 Å². The van der Waals surface area contributed by atoms with Crippen molar-refractivity contribution in [2.24, 2.45) is 0 Å². The Bertz CT molecular complexity index is 825. The van der Waals surface area contributed by atoms with Crippen LogP contribution in [0.3, 0.4) is 0 Å². The Labute approximate surface area is 160 Å². The van der Waals surface area contributed by atoms with Crippen LogP contribution in [-0.4, -0.2) is 23.7 Å². The van der Waals surface area contributed by atoms with E-state index in [1.54, 1.807) is 0 Å². The maximum Gasteiger partial charge on any atom is 0.306 e. The average molecular weight is 366 g/mol. The summed E-state index contributed by atoms with van der Waals surface area (Å²) < 4.78 is 5.18. The van der Waals surface area contributed by atoms with Crippen molar-refractivity contribution >= 4 is 11.9 Å². The fraction of sp³-hybridized carbons (Fsp3) is 0.391. The Hall–Kier alpha value is -2.62. The van der Waals surface area contributed by atoms with Crippen LogP contribution in [0.25, 0.3) is 0 Å². The molecule has 2 aromatic carbocycles. The van der Waals surface area contributed by atoms with Crippen LogP contribution in [0.5, 0.6) is 0 Å². The number of aryl methyl sites for hydroxylation is 1. The van der Waals surface area contributed by atoms with Crippen LogP contribution in [0.4, 0.5) is 0 Å². The highest BCUT2D eigenvalue weighted by molar-refractivity contribution is 5.71. The molecule has 1 N–H and O–H groups in total. The van der Waals surface area contributed by atoms with Gasteiger partial charge in [0.1, 0.15) is 0 Å². The molecule has 1 atom stereocenters. The third kappa shape index (κ3) is 4.97. The lowest BCUT2D eigenvalue weighted by molar-refractivity contribution is -0.143. The fourth-order valence-electron chi connectivity index (χ4n) is 3.92. The first-order valence-corrected chi connectivity index (χ1v) is 9.62. The third-order valence-corrected chi connectivity index (χ3v) is 5.19. The number of carboxylic acids is 1. The molecule has 0 saturated heterocycles. The number of hydrogen-bond acceptors (Lipinski definition) is 3. The van der Waals surface area contributed by atoms with Gasteiger partial charge in [-0.25, -0.2) is 0 Å². The Kier molecular flexibility index (Phi) is 6.28. The zero-order valence-electron chi connectivity index (χ0n) is 15.7. The molecule has 1 aliphatic rings. The van der Waals surface area contributed by atoms with Crippen molar-refractivity contribution in [1.82, 2.24) is 0 Å². The maximum atomic E-state index is 12.1. The smallest absolute Gasteiger partial charge is 0.306 e. The number of aliphatic carboxylic acids is 1. The highest BCUT2D eigenvalue weighted by atomic mass is 16.5. The zero-order chi connectivity index (χ0) is 19.2. The summed E-state index contributed by atoms with van der Waals surface area (Å²) in [7, 11) is 0. The molecule has 142 valence electrons. The molecule has 1 aliphatic carbocycles. The summed E-state index contributed by atoms with van der Waals surface area (Å²) in [6, 6.07) is 14.8. The quantitative estimate of drug-likeness (QED) is 0.743. The third-order valence-electron chi connectivity index (χ3n) is 5.19. The summed E-state index contributed by atoms with van der Waals surface area (Å²) in [6.07, 6.45) is 3.67. The van der Waals surface area contributed by atoms with Crippen LogP contribution in [0, 0.1) is 0 Å². The summed E-state index contributed by atoms with van der Waals surface area (Å²) in [6.45, 7) is 2.24. The number of fused-ring (bicyclic) bond motifs is 2. The van der Waals surface area contributed by atoms with E-state index in [0.29, 0.717) is 19.4 Å². The summed E-state index contributed by atoms with van der Waals surface area (Å²) in [5.74, 6) is -0.772. The van der Waals surface area contributed by atoms with Gasteiger partial charge in [-0.05, 0) is 66.3 Å². The van der Waals surface area contributed by atoms with Crippen LogP contribution in [0.1, 0.15) is 59.9 Å². The second-order valence-electron chi connectivity index (χ2n) is 7.14. The van der Waals surface area contributed by atoms with Gasteiger partial charge in [0.25, 0.3) is 0 Å². The van der Waals surface area contributed by atoms with Gasteiger partial charge >= 0.3 is 11.9 Å². The Morgan fingerprint density at radius 2 is 1.93 bits per heavy atom. The van der Waals surface area contributed by atoms with Gasteiger partial charge in [-0.2, -0.15) is 0 Å². The van der Waals surface area contributed by atoms with E-state index in [9.17, 15) is 9.59 Å². The molecule has 0 amide bonds. The van der Waals surface area contributed by atoms with Crippen molar-refractivity contribution in [3.05, 3.63) is 70.3 Å². The molecule has 0 fully saturated rings. The first-order valence-electron chi connectivity index (χ1n) is 9.62. The Morgan fingerprint density at radius 1 is 1.11 bits per heavy atom. The van der Waals surface area contributed by atoms with Crippen LogP contribution in [0.15, 0.2) is 42.5 Å². The van der Waals surface area contributed by atoms with Crippen molar-refractivity contribution in [3.8, 4) is 0 Å². The van der Waals surface area contributed by atoms with Crippen LogP contribution in [0.2, 0.25) is 0 Å². The lowest BCUT2D eigenvalue weighted by Crippen LogP contribution is -2.13. The number of carboxylic acid groups (broad SMARTS) is 1. The van der Waals surface area contributed by atoms with E-state index in [2.05, 4.69) is 30.3 Å². The van der Waals surface area contributed by atoms with E-state index in [1.165, 1.54) is 27.8 Å². The van der Waals surface area contributed by atoms with Gasteiger partial charge in [0, 0.05) is 6.42 Å². The highest BCUT2D eigenvalue weighted by Gasteiger charge is 2.24. The number of ether oxygens (including phenoxy) is 1. The number of carbonyl (C=O) groups excluding carboxylic acids is 1. The highest BCUT2D eigenvalue weighted by Crippen LogP contribution is 2.34. The van der Waals surface area contributed by atoms with Gasteiger partial charge in [0.15, 0.2) is 0 Å². The first kappa shape index (κ1) is 19.2. The number of hydrogen-bond donors (Lipinski definition) is 1. The predicted octanol–water partition coefficient (Wildman–Crippen LogP) is 4.28. The van der Waals surface area contributed by atoms with Crippen molar-refractivity contribution in [3.63, 3.8) is 0 Å². The van der Waals surface area contributed by atoms with Crippen molar-refractivity contribution in [1.29, 1.82) is 0 Å². The number of esters is 1. The van der Waals surface area contributed by atoms with Gasteiger partial charge in [-0.1, -0.05) is 42.5 Å². The van der Waals surface area contributed by atoms with Crippen LogP contribution < -0.4 is 0 Å². The zero-order valence-corrected chi connectivity index (χ0v) is 15.7. The minimum atomic E-state index is -0.750. The standard InChI is InChI=1S/C23H26O4/c1-2-27-23(26)15-20-13-17-11-10-16(6-5-9-22(24)25)12-19(17)14-18-7-3-4-8-21(18)20/h3-4,7-8,10-12,20H,2,5-6,9,13-15H2,1H3,(H,24,25). The molecule has 2 aromatic rings. The Morgan fingerprint density at radius 3 is 2.70 bits per heavy atom. The summed E-state index contributed by atoms with van der Waals surface area (Å²) in [5, 5.41) is 8.83. The SMILES string of the molecule is CCOC(=O)CC1Cc2ccc(CCCC(=O)O)cc2Cc2ccccc21. The van der Waals surface area contributed by atoms with E-state index >= 15 is 0 Å². The summed E-state index contributed by atoms with van der Waals surface area (Å²) >= 11 is 0. The number of benzene rings is 2. The van der Waals surface area contributed by atoms with E-state index in [0.717, 1.165) is 19.3 Å². The molecule has 0 saturated carbocycles. The maximum absolute atomic E-state index is 12.1. The topological polar surface area (TPSA) is 63.6 Å². The molecule has 0 radical (unpaired) electrons. The largest absolute Gasteiger partial charge is 0.481 e. The van der Waals surface area contributed by atoms with Gasteiger partial charge in [0.2, 0.25) is 0 Å². The van der Waals surface area contributed by atoms with E-state index in [4.69, 9.17) is 9.84 Å². The summed E-state index contributed by atoms with van der Waals surface area (Å²) in [5.41, 5.74) is 6.21. The fourth-order valence-corrected chi connectivity index (χ4v) is 3.92. The van der Waals surface area contributed by atoms with Crippen LogP contribution in [-0.2, 0) is 33.6 Å². The first-order chi connectivity index (χ1) is 13.1. The molecule has 0 bridgehead atoms. The molecule has 0 aromatic heterocycles. The molecule has 3 rings (SSSR count). The Balaban J connectivity index is 1.85. The molecule has 1 unspecified atom stereocenters. The number of rotatable bonds is 7. The molecule has 0 aliphatic heterocycles. The molecule has 0 spiro atoms. The van der Waals surface area contributed by atoms with Gasteiger partial charge in [-0.15, -0.1) is 0 Å². The molecule has 4 heteroatoms. The van der Waals surface area contributed by atoms with Gasteiger partial charge in [-0.3, -0.25) is 9.59 Å². The normalized spacial score (nSPS) is 15.4. The minimum absolute atomic E-state index is 0.124. The second kappa shape index (κ2) is 8.85. The lowest BCUT2D eigenvalue weighted by atomic mass is 9.88. The van der Waals surface area contributed by atoms with Gasteiger partial charge < -0.3 is 9.84 Å². The van der Waals surface area contributed by atoms with Crippen molar-refractivity contribution in [2.75, 3.05) is 6.61 Å². The molecular formula is C23H26O4. The predicted molar refractivity (Wildman–Crippen MR) is 104 cm³/mol. The molecular weight excluding hydrogens is 340 g/mol. The van der Waals surface area contributed by atoms with E-state index < -0.39 is 5.97 Å². The van der Waals surface area contributed by atoms with E-state index in [1.807, 2.05) is 19.1 Å². The molecule has 27 heavy (non-hydrogen) atoms. The van der Waals surface area contributed by atoms with E-state index in [-0.39, 0.29) is 18.3 Å². The van der Waals surface area contributed by atoms with Crippen molar-refractivity contribution < 1.29 is 19.4 Å². The van der Waals surface area contributed by atoms with Gasteiger partial charge in [0.05, 0.1) is 13.0 Å². The summed E-state index contributed by atoms with van der Waals surface area (Å²) in [4.78, 5) is 22.8. The molecule has 0 heterocycles. The average Bonchev–Trinajstić information content (AvgIpc) is 2.78. The second-order valence-corrected chi connectivity index (χ2v) is 7.14. The monoisotopic (exact) mass is 366 g/mol.